The quantitative estimate of drug-likeness (QED) is 0.153. The van der Waals surface area contributed by atoms with Crippen LogP contribution in [0.2, 0.25) is 0 Å². The molecule has 0 radical (unpaired) electrons. The van der Waals surface area contributed by atoms with Crippen LogP contribution in [-0.2, 0) is 17.6 Å². The summed E-state index contributed by atoms with van der Waals surface area (Å²) in [6.45, 7) is 1.87. The Labute approximate surface area is 255 Å². The number of thioether (sulfide) groups is 2. The molecule has 0 aromatic heterocycles. The number of phenols is 2. The predicted molar refractivity (Wildman–Crippen MR) is 160 cm³/mol. The number of fused-ring (bicyclic) bond motifs is 2. The summed E-state index contributed by atoms with van der Waals surface area (Å²) in [6.07, 6.45) is -2.97. The van der Waals surface area contributed by atoms with Crippen molar-refractivity contribution in [2.75, 3.05) is 47.9 Å². The number of nitrogens with zero attached hydrogens (tertiary/aromatic N) is 3. The van der Waals surface area contributed by atoms with Crippen LogP contribution in [-0.4, -0.2) is 96.1 Å². The Kier molecular flexibility index (Phi) is 11.0. The van der Waals surface area contributed by atoms with E-state index in [2.05, 4.69) is 30.1 Å². The van der Waals surface area contributed by atoms with Gasteiger partial charge in [0.1, 0.15) is 4.08 Å². The number of nitrogens with two attached hydrogens (primary N) is 2. The summed E-state index contributed by atoms with van der Waals surface area (Å²) >= 11 is 3.39. The number of aliphatic carboxylic acids is 1. The molecule has 7 N–H and O–H groups in total. The van der Waals surface area contributed by atoms with Gasteiger partial charge in [0.15, 0.2) is 29.0 Å². The van der Waals surface area contributed by atoms with Crippen LogP contribution in [0.4, 0.5) is 13.2 Å². The number of methoxy groups -OCH3 is 2. The van der Waals surface area contributed by atoms with Crippen LogP contribution >= 0.6 is 23.5 Å². The van der Waals surface area contributed by atoms with E-state index in [4.69, 9.17) is 35.8 Å². The number of carbonyl (C=O) groups is 1. The van der Waals surface area contributed by atoms with Crippen LogP contribution in [0, 0.1) is 0 Å². The number of rotatable bonds is 9. The number of aliphatic imine (C=N–C) groups is 2. The summed E-state index contributed by atoms with van der Waals surface area (Å²) in [5.74, 6) is -1.64. The van der Waals surface area contributed by atoms with Gasteiger partial charge in [-0.3, -0.25) is 9.98 Å². The number of aromatic hydroxyl groups is 2. The van der Waals surface area contributed by atoms with Crippen LogP contribution in [0.3, 0.4) is 0 Å². The molecule has 0 saturated heterocycles. The third-order valence-electron chi connectivity index (χ3n) is 6.46. The molecule has 1 unspecified atom stereocenters. The molecule has 11 nitrogen and oxygen atoms in total. The van der Waals surface area contributed by atoms with Crippen LogP contribution < -0.4 is 20.9 Å². The van der Waals surface area contributed by atoms with Crippen molar-refractivity contribution < 1.29 is 42.8 Å². The Morgan fingerprint density at radius 2 is 1.74 bits per heavy atom. The highest BCUT2D eigenvalue weighted by Crippen LogP contribution is 2.64. The number of ether oxygens (including phenoxy) is 2. The molecule has 0 saturated carbocycles. The molecule has 2 aliphatic rings. The first kappa shape index (κ1) is 34.0. The average molecular weight is 646 g/mol. The maximum Gasteiger partial charge on any atom is 0.490 e. The molecule has 0 amide bonds. The van der Waals surface area contributed by atoms with Crippen LogP contribution in [0.5, 0.6) is 23.0 Å². The first-order valence-corrected chi connectivity index (χ1v) is 14.5. The smallest absolute Gasteiger partial charge is 0.490 e. The molecule has 0 bridgehead atoms. The highest BCUT2D eigenvalue weighted by atomic mass is 32.2. The van der Waals surface area contributed by atoms with Crippen molar-refractivity contribution in [3.8, 4) is 23.0 Å². The van der Waals surface area contributed by atoms with Crippen molar-refractivity contribution in [1.29, 1.82) is 0 Å². The minimum atomic E-state index is -5.08. The lowest BCUT2D eigenvalue weighted by Crippen LogP contribution is -2.35. The Morgan fingerprint density at radius 3 is 2.30 bits per heavy atom. The van der Waals surface area contributed by atoms with Gasteiger partial charge in [-0.2, -0.15) is 13.2 Å². The third kappa shape index (κ3) is 7.92. The van der Waals surface area contributed by atoms with Gasteiger partial charge in [0.05, 0.1) is 24.8 Å². The molecule has 2 aromatic rings. The Hall–Kier alpha value is -3.50. The highest BCUT2D eigenvalue weighted by molar-refractivity contribution is 8.22. The zero-order valence-corrected chi connectivity index (χ0v) is 25.6. The molecule has 236 valence electrons. The minimum Gasteiger partial charge on any atom is -0.504 e. The van der Waals surface area contributed by atoms with E-state index in [-0.39, 0.29) is 17.5 Å². The topological polar surface area (TPSA) is 176 Å². The van der Waals surface area contributed by atoms with Gasteiger partial charge >= 0.3 is 12.1 Å². The van der Waals surface area contributed by atoms with Gasteiger partial charge in [-0.15, -0.1) is 0 Å². The predicted octanol–water partition coefficient (Wildman–Crippen LogP) is 3.46. The SMILES string of the molecule is COc1cc(CCN(C)C)c2c(c1OC)SC(CCN=C(N)N)(C1=NCCc3cc(O)c(O)cc31)S2.O=C(O)C(F)(F)F. The van der Waals surface area contributed by atoms with Crippen LogP contribution in [0.25, 0.3) is 0 Å². The number of hydrogen-bond acceptors (Lipinski definition) is 10. The van der Waals surface area contributed by atoms with Gasteiger partial charge in [-0.1, -0.05) is 23.5 Å². The summed E-state index contributed by atoms with van der Waals surface area (Å²) in [5, 5.41) is 27.6. The molecule has 0 aliphatic carbocycles. The molecule has 2 aromatic carbocycles. The van der Waals surface area contributed by atoms with Crippen molar-refractivity contribution in [3.05, 3.63) is 34.9 Å². The fourth-order valence-corrected chi connectivity index (χ4v) is 7.96. The number of carboxylic acid groups (broad SMARTS) is 1. The second-order valence-corrected chi connectivity index (χ2v) is 12.7. The fourth-order valence-electron chi connectivity index (χ4n) is 4.48. The maximum atomic E-state index is 10.6. The van der Waals surface area contributed by atoms with E-state index < -0.39 is 16.2 Å². The molecule has 1 atom stereocenters. The van der Waals surface area contributed by atoms with Gasteiger partial charge < -0.3 is 41.2 Å². The lowest BCUT2D eigenvalue weighted by atomic mass is 9.93. The normalized spacial score (nSPS) is 17.3. The number of likely N-dealkylation sites (N-methyl/N-ethyl adjacent to an activating group) is 1. The highest BCUT2D eigenvalue weighted by Gasteiger charge is 2.48. The number of halogens is 3. The fraction of sp³-hybridized carbons (Fsp3) is 0.444. The van der Waals surface area contributed by atoms with Crippen molar-refractivity contribution in [1.82, 2.24) is 4.90 Å². The number of alkyl halides is 3. The standard InChI is InChI=1S/C25H33N5O4S2.C2HF3O2/c1-30(2)10-6-15-12-19(33-3)20(34-4)22-21(15)35-25(36-22,7-9-29-24(26)27)23-16-13-18(32)17(31)11-14(16)5-8-28-23;3-2(4,5)1(6)7/h11-13,31-32H,5-10H2,1-4H3,(H4,26,27,29);(H,6,7). The third-order valence-corrected chi connectivity index (χ3v) is 9.81. The second kappa shape index (κ2) is 13.9. The largest absolute Gasteiger partial charge is 0.504 e. The Bertz CT molecular complexity index is 1420. The molecule has 0 spiro atoms. The zero-order chi connectivity index (χ0) is 32.1. The van der Waals surface area contributed by atoms with E-state index in [1.807, 2.05) is 0 Å². The van der Waals surface area contributed by atoms with Gasteiger partial charge in [0.25, 0.3) is 0 Å². The van der Waals surface area contributed by atoms with Crippen molar-refractivity contribution >= 4 is 41.2 Å². The average Bonchev–Trinajstić information content (AvgIpc) is 3.31. The maximum absolute atomic E-state index is 10.6. The number of guanidine groups is 1. The number of phenolic OH excluding ortho intramolecular Hbond substituents is 2. The van der Waals surface area contributed by atoms with Gasteiger partial charge in [-0.25, -0.2) is 4.79 Å². The van der Waals surface area contributed by atoms with Crippen molar-refractivity contribution in [3.63, 3.8) is 0 Å². The molecule has 0 fully saturated rings. The molecular formula is C27H34F3N5O6S2. The summed E-state index contributed by atoms with van der Waals surface area (Å²) in [7, 11) is 7.40. The second-order valence-electron chi connectivity index (χ2n) is 9.78. The molecule has 16 heteroatoms. The molecular weight excluding hydrogens is 611 g/mol. The van der Waals surface area contributed by atoms with E-state index >= 15 is 0 Å². The van der Waals surface area contributed by atoms with Gasteiger partial charge in [0, 0.05) is 30.1 Å². The first-order chi connectivity index (χ1) is 20.1. The van der Waals surface area contributed by atoms with Crippen molar-refractivity contribution in [2.45, 2.75) is 39.3 Å². The number of benzene rings is 2. The number of hydrogen-bond donors (Lipinski definition) is 5. The summed E-state index contributed by atoms with van der Waals surface area (Å²) < 4.78 is 42.7. The Balaban J connectivity index is 0.000000646. The molecule has 4 rings (SSSR count). The zero-order valence-electron chi connectivity index (χ0n) is 24.0. The molecule has 2 heterocycles. The van der Waals surface area contributed by atoms with E-state index in [1.54, 1.807) is 49.9 Å². The van der Waals surface area contributed by atoms with Gasteiger partial charge in [0.2, 0.25) is 0 Å². The van der Waals surface area contributed by atoms with E-state index in [1.165, 1.54) is 5.56 Å². The van der Waals surface area contributed by atoms with E-state index in [9.17, 15) is 23.4 Å². The monoisotopic (exact) mass is 645 g/mol. The summed E-state index contributed by atoms with van der Waals surface area (Å²) in [5.41, 5.74) is 15.1. The molecule has 2 aliphatic heterocycles. The first-order valence-electron chi connectivity index (χ1n) is 12.9. The lowest BCUT2D eigenvalue weighted by molar-refractivity contribution is -0.192. The van der Waals surface area contributed by atoms with E-state index in [0.29, 0.717) is 37.4 Å². The number of carboxylic acids is 1. The van der Waals surface area contributed by atoms with Crippen molar-refractivity contribution in [2.24, 2.45) is 21.5 Å². The summed E-state index contributed by atoms with van der Waals surface area (Å²) in [4.78, 5) is 22.4. The lowest BCUT2D eigenvalue weighted by Gasteiger charge is -2.32. The minimum absolute atomic E-state index is 0.0372. The Morgan fingerprint density at radius 1 is 1.12 bits per heavy atom. The summed E-state index contributed by atoms with van der Waals surface area (Å²) in [6, 6.07) is 5.30. The van der Waals surface area contributed by atoms with E-state index in [0.717, 1.165) is 39.6 Å². The van der Waals surface area contributed by atoms with Crippen LogP contribution in [0.1, 0.15) is 23.1 Å². The van der Waals surface area contributed by atoms with Crippen LogP contribution in [0.15, 0.2) is 38.0 Å². The van der Waals surface area contributed by atoms with Gasteiger partial charge in [-0.05, 0) is 62.7 Å². The molecule has 43 heavy (non-hydrogen) atoms.